The number of hydrazine groups is 1. The van der Waals surface area contributed by atoms with E-state index in [-0.39, 0.29) is 24.2 Å². The molecular weight excluding hydrogens is 432 g/mol. The molecule has 3 N–H and O–H groups in total. The van der Waals surface area contributed by atoms with Crippen LogP contribution >= 0.6 is 11.8 Å². The number of para-hydroxylation sites is 1. The smallest absolute Gasteiger partial charge is 0.234 e. The van der Waals surface area contributed by atoms with Gasteiger partial charge in [-0.3, -0.25) is 10.2 Å². The summed E-state index contributed by atoms with van der Waals surface area (Å²) in [6, 6.07) is 15.1. The number of aryl methyl sites for hydroxylation is 3. The third kappa shape index (κ3) is 4.32. The average Bonchev–Trinajstić information content (AvgIpc) is 3.44. The van der Waals surface area contributed by atoms with Gasteiger partial charge < -0.3 is 15.2 Å². The first-order chi connectivity index (χ1) is 16.0. The van der Waals surface area contributed by atoms with Crippen molar-refractivity contribution in [3.05, 3.63) is 77.1 Å². The van der Waals surface area contributed by atoms with Gasteiger partial charge in [0.1, 0.15) is 6.17 Å². The Morgan fingerprint density at radius 1 is 1.18 bits per heavy atom. The van der Waals surface area contributed by atoms with E-state index < -0.39 is 0 Å². The zero-order valence-electron chi connectivity index (χ0n) is 19.2. The van der Waals surface area contributed by atoms with Gasteiger partial charge in [0.15, 0.2) is 5.17 Å². The number of nitrogens with one attached hydrogen (secondary N) is 3. The van der Waals surface area contributed by atoms with Gasteiger partial charge >= 0.3 is 0 Å². The van der Waals surface area contributed by atoms with Crippen molar-refractivity contribution in [3.8, 4) is 0 Å². The standard InChI is InChI=1S/C25H30N6OS/c1-4-18-7-5-6-8-20(18)26-23(32)15-33-25-28-27-24-22-14-21(29-31(22)12-11-30(24)25)19-10-9-16(2)17(3)13-19/h5-13,21-22,24,27,29H,4,14-15H2,1-3H3,(H,26,32). The molecule has 0 bridgehead atoms. The number of fused-ring (bicyclic) bond motifs is 3. The van der Waals surface area contributed by atoms with Gasteiger partial charge in [-0.2, -0.15) is 5.10 Å². The summed E-state index contributed by atoms with van der Waals surface area (Å²) in [5.74, 6) is 0.292. The first-order valence-electron chi connectivity index (χ1n) is 11.5. The maximum absolute atomic E-state index is 12.6. The second-order valence-corrected chi connectivity index (χ2v) is 9.70. The summed E-state index contributed by atoms with van der Waals surface area (Å²) in [7, 11) is 0. The van der Waals surface area contributed by atoms with Gasteiger partial charge in [0, 0.05) is 18.1 Å². The van der Waals surface area contributed by atoms with Crippen molar-refractivity contribution < 1.29 is 4.79 Å². The van der Waals surface area contributed by atoms with E-state index in [1.165, 1.54) is 28.5 Å². The molecule has 2 aromatic carbocycles. The zero-order chi connectivity index (χ0) is 22.9. The summed E-state index contributed by atoms with van der Waals surface area (Å²) in [6.07, 6.45) is 6.01. The van der Waals surface area contributed by atoms with Gasteiger partial charge in [0.05, 0.1) is 17.8 Å². The van der Waals surface area contributed by atoms with Crippen LogP contribution in [0.4, 0.5) is 5.69 Å². The SMILES string of the molecule is CCc1ccccc1NC(=O)CSC1=NNC2C3CC(c4ccc(C)c(C)c4)NN3C=CN12. The molecule has 0 radical (unpaired) electrons. The number of hydrazone groups is 1. The highest BCUT2D eigenvalue weighted by Crippen LogP contribution is 2.35. The molecule has 3 heterocycles. The molecule has 3 unspecified atom stereocenters. The molecule has 2 aromatic rings. The number of thioether (sulfide) groups is 1. The predicted octanol–water partition coefficient (Wildman–Crippen LogP) is 3.84. The number of amides is 1. The maximum Gasteiger partial charge on any atom is 0.234 e. The largest absolute Gasteiger partial charge is 0.325 e. The van der Waals surface area contributed by atoms with Crippen molar-refractivity contribution in [3.63, 3.8) is 0 Å². The zero-order valence-corrected chi connectivity index (χ0v) is 20.0. The first kappa shape index (κ1) is 21.9. The van der Waals surface area contributed by atoms with Crippen molar-refractivity contribution in [1.29, 1.82) is 0 Å². The minimum Gasteiger partial charge on any atom is -0.325 e. The molecule has 7 nitrogen and oxygen atoms in total. The molecule has 0 spiro atoms. The Labute approximate surface area is 199 Å². The summed E-state index contributed by atoms with van der Waals surface area (Å²) in [6.45, 7) is 6.40. The Morgan fingerprint density at radius 3 is 2.85 bits per heavy atom. The molecule has 1 fully saturated rings. The highest BCUT2D eigenvalue weighted by atomic mass is 32.2. The fourth-order valence-electron chi connectivity index (χ4n) is 4.62. The van der Waals surface area contributed by atoms with Crippen molar-refractivity contribution >= 4 is 28.5 Å². The van der Waals surface area contributed by atoms with Crippen LogP contribution in [0.1, 0.15) is 41.6 Å². The molecule has 33 heavy (non-hydrogen) atoms. The van der Waals surface area contributed by atoms with E-state index in [1.807, 2.05) is 30.5 Å². The van der Waals surface area contributed by atoms with Crippen LogP contribution in [0, 0.1) is 13.8 Å². The molecule has 172 valence electrons. The Hall–Kier alpha value is -2.97. The number of benzene rings is 2. The summed E-state index contributed by atoms with van der Waals surface area (Å²) in [4.78, 5) is 14.7. The van der Waals surface area contributed by atoms with Crippen molar-refractivity contribution in [2.45, 2.75) is 51.9 Å². The van der Waals surface area contributed by atoms with Gasteiger partial charge in [-0.05, 0) is 55.0 Å². The molecule has 0 aliphatic carbocycles. The third-order valence-electron chi connectivity index (χ3n) is 6.64. The van der Waals surface area contributed by atoms with Crippen LogP contribution in [0.5, 0.6) is 0 Å². The highest BCUT2D eigenvalue weighted by Gasteiger charge is 2.44. The number of carbonyl (C=O) groups excluding carboxylic acids is 1. The minimum absolute atomic E-state index is 0.0213. The lowest BCUT2D eigenvalue weighted by Gasteiger charge is -2.36. The number of nitrogens with zero attached hydrogens (tertiary/aromatic N) is 3. The van der Waals surface area contributed by atoms with Gasteiger partial charge in [0.2, 0.25) is 5.91 Å². The number of carbonyl (C=O) groups is 1. The predicted molar refractivity (Wildman–Crippen MR) is 134 cm³/mol. The van der Waals surface area contributed by atoms with Crippen LogP contribution in [0.25, 0.3) is 0 Å². The van der Waals surface area contributed by atoms with E-state index in [1.54, 1.807) is 0 Å². The molecule has 1 amide bonds. The van der Waals surface area contributed by atoms with Gasteiger partial charge in [-0.1, -0.05) is 55.1 Å². The van der Waals surface area contributed by atoms with Crippen molar-refractivity contribution in [2.75, 3.05) is 11.1 Å². The average molecular weight is 463 g/mol. The highest BCUT2D eigenvalue weighted by molar-refractivity contribution is 8.14. The topological polar surface area (TPSA) is 72.0 Å². The van der Waals surface area contributed by atoms with Crippen LogP contribution in [0.2, 0.25) is 0 Å². The molecular formula is C25H30N6OS. The summed E-state index contributed by atoms with van der Waals surface area (Å²) >= 11 is 1.46. The van der Waals surface area contributed by atoms with Crippen LogP contribution in [0.3, 0.4) is 0 Å². The quantitative estimate of drug-likeness (QED) is 0.627. The summed E-state index contributed by atoms with van der Waals surface area (Å²) < 4.78 is 0. The van der Waals surface area contributed by atoms with E-state index >= 15 is 0 Å². The van der Waals surface area contributed by atoms with Crippen LogP contribution in [0.15, 0.2) is 60.0 Å². The van der Waals surface area contributed by atoms with Crippen LogP contribution < -0.4 is 16.2 Å². The molecule has 0 saturated carbocycles. The van der Waals surface area contributed by atoms with E-state index in [9.17, 15) is 4.79 Å². The van der Waals surface area contributed by atoms with Crippen molar-refractivity contribution in [2.24, 2.45) is 5.10 Å². The summed E-state index contributed by atoms with van der Waals surface area (Å²) in [5, 5.41) is 10.6. The van der Waals surface area contributed by atoms with Gasteiger partial charge in [0.25, 0.3) is 0 Å². The summed E-state index contributed by atoms with van der Waals surface area (Å²) in [5.41, 5.74) is 12.9. The molecule has 3 aliphatic rings. The second-order valence-electron chi connectivity index (χ2n) is 8.76. The molecule has 3 aliphatic heterocycles. The van der Waals surface area contributed by atoms with Gasteiger partial charge in [-0.25, -0.2) is 5.43 Å². The Kier molecular flexibility index (Phi) is 6.03. The van der Waals surface area contributed by atoms with E-state index in [4.69, 9.17) is 0 Å². The van der Waals surface area contributed by atoms with Crippen molar-refractivity contribution in [1.82, 2.24) is 20.8 Å². The van der Waals surface area contributed by atoms with E-state index in [2.05, 4.69) is 76.3 Å². The fourth-order valence-corrected chi connectivity index (χ4v) is 5.39. The lowest BCUT2D eigenvalue weighted by Crippen LogP contribution is -2.54. The monoisotopic (exact) mass is 462 g/mol. The maximum atomic E-state index is 12.6. The van der Waals surface area contributed by atoms with E-state index in [0.29, 0.717) is 5.75 Å². The fraction of sp³-hybridized carbons (Fsp3) is 0.360. The number of hydrogen-bond acceptors (Lipinski definition) is 7. The molecule has 8 heteroatoms. The molecule has 0 aromatic heterocycles. The minimum atomic E-state index is -0.0213. The lowest BCUT2D eigenvalue weighted by molar-refractivity contribution is -0.113. The van der Waals surface area contributed by atoms with E-state index in [0.717, 1.165) is 29.3 Å². The Morgan fingerprint density at radius 2 is 2.03 bits per heavy atom. The number of amidine groups is 1. The first-order valence-corrected chi connectivity index (χ1v) is 12.4. The van der Waals surface area contributed by atoms with Gasteiger partial charge in [-0.15, -0.1) is 0 Å². The number of rotatable bonds is 5. The number of hydrogen-bond donors (Lipinski definition) is 3. The number of anilines is 1. The molecule has 3 atom stereocenters. The Bertz CT molecular complexity index is 1120. The van der Waals surface area contributed by atoms with Crippen LogP contribution in [-0.4, -0.2) is 38.9 Å². The third-order valence-corrected chi connectivity index (χ3v) is 7.61. The molecule has 1 saturated heterocycles. The second kappa shape index (κ2) is 9.11. The normalized spacial score (nSPS) is 23.1. The Balaban J connectivity index is 1.19. The lowest BCUT2D eigenvalue weighted by atomic mass is 9.97. The molecule has 5 rings (SSSR count). The van der Waals surface area contributed by atoms with Crippen LogP contribution in [-0.2, 0) is 11.2 Å².